The van der Waals surface area contributed by atoms with Crippen LogP contribution in [0.4, 0.5) is 15.9 Å². The van der Waals surface area contributed by atoms with E-state index in [1.54, 1.807) is 6.20 Å². The molecule has 2 fully saturated rings. The number of nitrogens with zero attached hydrogens (tertiary/aromatic N) is 3. The average Bonchev–Trinajstić information content (AvgIpc) is 2.84. The van der Waals surface area contributed by atoms with Crippen molar-refractivity contribution in [3.8, 4) is 0 Å². The summed E-state index contributed by atoms with van der Waals surface area (Å²) in [6.45, 7) is 1.40. The number of amides is 2. The molecule has 2 aliphatic heterocycles. The molecule has 3 N–H and O–H groups in total. The molecular weight excluding hydrogens is 499 g/mol. The average molecular weight is 525 g/mol. The fourth-order valence-electron chi connectivity index (χ4n) is 4.18. The number of nitrogens with one attached hydrogen (secondary N) is 3. The Labute approximate surface area is 208 Å². The second-order valence-corrected chi connectivity index (χ2v) is 10.7. The molecule has 4 rings (SSSR count). The van der Waals surface area contributed by atoms with E-state index in [0.717, 1.165) is 16.2 Å². The van der Waals surface area contributed by atoms with Gasteiger partial charge in [-0.05, 0) is 49.6 Å². The van der Waals surface area contributed by atoms with Crippen LogP contribution in [0.2, 0.25) is 5.02 Å². The highest BCUT2D eigenvalue weighted by Crippen LogP contribution is 2.23. The summed E-state index contributed by atoms with van der Waals surface area (Å²) in [6, 6.07) is 6.95. The van der Waals surface area contributed by atoms with Gasteiger partial charge in [0.2, 0.25) is 11.8 Å². The van der Waals surface area contributed by atoms with Crippen molar-refractivity contribution in [2.75, 3.05) is 30.4 Å². The molecule has 188 valence electrons. The van der Waals surface area contributed by atoms with Crippen molar-refractivity contribution >= 4 is 45.1 Å². The number of hydrogen-bond acceptors (Lipinski definition) is 6. The number of anilines is 2. The number of pyridine rings is 1. The van der Waals surface area contributed by atoms with Gasteiger partial charge in [-0.25, -0.2) is 9.37 Å². The molecule has 2 atom stereocenters. The Bertz CT molecular complexity index is 1190. The topological polar surface area (TPSA) is 124 Å². The maximum Gasteiger partial charge on any atom is 0.280 e. The molecule has 13 heteroatoms. The summed E-state index contributed by atoms with van der Waals surface area (Å²) in [6.07, 6.45) is 3.01. The zero-order valence-electron chi connectivity index (χ0n) is 18.9. The third-order valence-electron chi connectivity index (χ3n) is 6.19. The lowest BCUT2D eigenvalue weighted by Crippen LogP contribution is -2.63. The van der Waals surface area contributed by atoms with E-state index < -0.39 is 39.9 Å². The number of likely N-dealkylation sites (N-methyl/N-ethyl adjacent to an activating group) is 1. The van der Waals surface area contributed by atoms with Crippen LogP contribution in [0.25, 0.3) is 0 Å². The predicted octanol–water partition coefficient (Wildman–Crippen LogP) is 1.50. The standard InChI is InChI=1S/C22H26ClFN6O4S/c1-29-19(22(32)27-15-5-6-17(24)16(23)12-15)13-18(28-35(29,33)34)21(31)26-14-7-10-30(11-8-14)20-4-2-3-9-25-20/h2-6,9,12,14,18-19,28H,7-8,10-11,13H2,1H3,(H,26,31)(H,27,32). The Morgan fingerprint density at radius 2 is 1.91 bits per heavy atom. The molecule has 1 aromatic carbocycles. The van der Waals surface area contributed by atoms with Crippen molar-refractivity contribution in [2.24, 2.45) is 0 Å². The normalized spacial score (nSPS) is 23.0. The Morgan fingerprint density at radius 1 is 1.17 bits per heavy atom. The SMILES string of the molecule is CN1C(C(=O)Nc2ccc(F)c(Cl)c2)CC(C(=O)NC2CCN(c3ccccn3)CC2)NS1(=O)=O. The van der Waals surface area contributed by atoms with Gasteiger partial charge in [0.05, 0.1) is 5.02 Å². The Hall–Kier alpha value is -2.80. The smallest absolute Gasteiger partial charge is 0.280 e. The molecule has 2 saturated heterocycles. The minimum Gasteiger partial charge on any atom is -0.356 e. The highest BCUT2D eigenvalue weighted by Gasteiger charge is 2.43. The van der Waals surface area contributed by atoms with Crippen LogP contribution >= 0.6 is 11.6 Å². The van der Waals surface area contributed by atoms with Gasteiger partial charge in [0, 0.05) is 38.1 Å². The second-order valence-electron chi connectivity index (χ2n) is 8.52. The van der Waals surface area contributed by atoms with Crippen molar-refractivity contribution < 1.29 is 22.4 Å². The molecular formula is C22H26ClFN6O4S. The molecule has 0 aliphatic carbocycles. The molecule has 0 saturated carbocycles. The third-order valence-corrected chi connectivity index (χ3v) is 8.07. The van der Waals surface area contributed by atoms with Crippen LogP contribution in [-0.2, 0) is 19.8 Å². The van der Waals surface area contributed by atoms with Crippen molar-refractivity contribution in [3.63, 3.8) is 0 Å². The predicted molar refractivity (Wildman–Crippen MR) is 130 cm³/mol. The molecule has 2 amide bonds. The first-order valence-electron chi connectivity index (χ1n) is 11.1. The lowest BCUT2D eigenvalue weighted by atomic mass is 10.0. The van der Waals surface area contributed by atoms with Crippen LogP contribution < -0.4 is 20.3 Å². The van der Waals surface area contributed by atoms with E-state index >= 15 is 0 Å². The molecule has 2 unspecified atom stereocenters. The van der Waals surface area contributed by atoms with Gasteiger partial charge in [0.25, 0.3) is 10.2 Å². The molecule has 0 bridgehead atoms. The lowest BCUT2D eigenvalue weighted by Gasteiger charge is -2.37. The van der Waals surface area contributed by atoms with Crippen LogP contribution in [-0.4, -0.2) is 67.8 Å². The fraction of sp³-hybridized carbons (Fsp3) is 0.409. The molecule has 1 aromatic heterocycles. The number of carbonyl (C=O) groups is 2. The first kappa shape index (κ1) is 25.3. The number of benzene rings is 1. The van der Waals surface area contributed by atoms with Gasteiger partial charge in [-0.2, -0.15) is 17.4 Å². The van der Waals surface area contributed by atoms with Crippen molar-refractivity contribution in [1.82, 2.24) is 19.3 Å². The Balaban J connectivity index is 1.38. The van der Waals surface area contributed by atoms with Gasteiger partial charge < -0.3 is 15.5 Å². The molecule has 2 aromatic rings. The highest BCUT2D eigenvalue weighted by molar-refractivity contribution is 7.87. The lowest BCUT2D eigenvalue weighted by molar-refractivity contribution is -0.125. The minimum absolute atomic E-state index is 0.0743. The Kier molecular flexibility index (Phi) is 7.55. The molecule has 35 heavy (non-hydrogen) atoms. The zero-order valence-corrected chi connectivity index (χ0v) is 20.5. The number of rotatable bonds is 5. The quantitative estimate of drug-likeness (QED) is 0.544. The molecule has 10 nitrogen and oxygen atoms in total. The first-order valence-corrected chi connectivity index (χ1v) is 12.9. The van der Waals surface area contributed by atoms with E-state index in [1.807, 2.05) is 18.2 Å². The van der Waals surface area contributed by atoms with E-state index in [2.05, 4.69) is 25.2 Å². The van der Waals surface area contributed by atoms with Crippen LogP contribution in [0.3, 0.4) is 0 Å². The largest absolute Gasteiger partial charge is 0.356 e. The summed E-state index contributed by atoms with van der Waals surface area (Å²) in [5, 5.41) is 5.28. The second kappa shape index (κ2) is 10.4. The van der Waals surface area contributed by atoms with Gasteiger partial charge in [-0.15, -0.1) is 0 Å². The number of aromatic nitrogens is 1. The fourth-order valence-corrected chi connectivity index (χ4v) is 5.60. The van der Waals surface area contributed by atoms with Crippen LogP contribution in [0.15, 0.2) is 42.6 Å². The van der Waals surface area contributed by atoms with Crippen LogP contribution in [0.1, 0.15) is 19.3 Å². The van der Waals surface area contributed by atoms with E-state index in [-0.39, 0.29) is 23.2 Å². The maximum atomic E-state index is 13.4. The summed E-state index contributed by atoms with van der Waals surface area (Å²) in [4.78, 5) is 32.3. The minimum atomic E-state index is -4.08. The van der Waals surface area contributed by atoms with Crippen molar-refractivity contribution in [2.45, 2.75) is 37.4 Å². The van der Waals surface area contributed by atoms with E-state index in [1.165, 1.54) is 19.2 Å². The van der Waals surface area contributed by atoms with E-state index in [4.69, 9.17) is 11.6 Å². The van der Waals surface area contributed by atoms with Crippen LogP contribution in [0, 0.1) is 5.82 Å². The number of halogens is 2. The molecule has 2 aliphatic rings. The first-order chi connectivity index (χ1) is 16.6. The van der Waals surface area contributed by atoms with Gasteiger partial charge >= 0.3 is 0 Å². The number of piperidine rings is 1. The van der Waals surface area contributed by atoms with Crippen LogP contribution in [0.5, 0.6) is 0 Å². The van der Waals surface area contributed by atoms with E-state index in [9.17, 15) is 22.4 Å². The molecule has 3 heterocycles. The highest BCUT2D eigenvalue weighted by atomic mass is 35.5. The summed E-state index contributed by atoms with van der Waals surface area (Å²) >= 11 is 5.76. The monoisotopic (exact) mass is 524 g/mol. The maximum absolute atomic E-state index is 13.4. The Morgan fingerprint density at radius 3 is 2.57 bits per heavy atom. The van der Waals surface area contributed by atoms with Gasteiger partial charge in [0.15, 0.2) is 0 Å². The molecule has 0 radical (unpaired) electrons. The summed E-state index contributed by atoms with van der Waals surface area (Å²) < 4.78 is 41.9. The number of hydrogen-bond donors (Lipinski definition) is 3. The molecule has 0 spiro atoms. The third kappa shape index (κ3) is 5.89. The number of carbonyl (C=O) groups excluding carboxylic acids is 2. The van der Waals surface area contributed by atoms with Crippen molar-refractivity contribution in [1.29, 1.82) is 0 Å². The van der Waals surface area contributed by atoms with Crippen molar-refractivity contribution in [3.05, 3.63) is 53.4 Å². The summed E-state index contributed by atoms with van der Waals surface area (Å²) in [5.41, 5.74) is 0.214. The van der Waals surface area contributed by atoms with Gasteiger partial charge in [-0.3, -0.25) is 9.59 Å². The zero-order chi connectivity index (χ0) is 25.2. The van der Waals surface area contributed by atoms with E-state index in [0.29, 0.717) is 25.9 Å². The summed E-state index contributed by atoms with van der Waals surface area (Å²) in [7, 11) is -2.83. The van der Waals surface area contributed by atoms with Gasteiger partial charge in [0.1, 0.15) is 23.7 Å². The van der Waals surface area contributed by atoms with Gasteiger partial charge in [-0.1, -0.05) is 17.7 Å². The summed E-state index contributed by atoms with van der Waals surface area (Å²) in [5.74, 6) is -0.909.